The first kappa shape index (κ1) is 17.0. The Balaban J connectivity index is 2.76. The van der Waals surface area contributed by atoms with Gasteiger partial charge in [0.2, 0.25) is 5.91 Å². The van der Waals surface area contributed by atoms with Crippen LogP contribution in [0.4, 0.5) is 0 Å². The van der Waals surface area contributed by atoms with Crippen molar-refractivity contribution in [3.8, 4) is 0 Å². The Morgan fingerprint density at radius 1 is 1.25 bits per heavy atom. The molecule has 1 aliphatic rings. The molecule has 1 fully saturated rings. The Morgan fingerprint density at radius 3 is 2.35 bits per heavy atom. The maximum Gasteiger partial charge on any atom is 0.307 e. The average molecular weight is 285 g/mol. The third-order valence-corrected chi connectivity index (χ3v) is 3.86. The highest BCUT2D eigenvalue weighted by Gasteiger charge is 2.37. The second kappa shape index (κ2) is 8.25. The summed E-state index contributed by atoms with van der Waals surface area (Å²) in [5.74, 6) is -1.37. The van der Waals surface area contributed by atoms with Gasteiger partial charge in [-0.25, -0.2) is 0 Å². The summed E-state index contributed by atoms with van der Waals surface area (Å²) >= 11 is 0. The highest BCUT2D eigenvalue weighted by atomic mass is 16.5. The fourth-order valence-electron chi connectivity index (χ4n) is 2.89. The number of carboxylic acids is 1. The number of carbonyl (C=O) groups is 2. The van der Waals surface area contributed by atoms with Crippen LogP contribution in [0.15, 0.2) is 0 Å². The number of carboxylic acid groups (broad SMARTS) is 1. The summed E-state index contributed by atoms with van der Waals surface area (Å²) in [4.78, 5) is 25.8. The number of carbonyl (C=O) groups excluding carboxylic acids is 1. The fourth-order valence-corrected chi connectivity index (χ4v) is 2.89. The van der Waals surface area contributed by atoms with Crippen molar-refractivity contribution >= 4 is 11.9 Å². The molecule has 0 aromatic rings. The molecule has 2 atom stereocenters. The molecule has 1 aliphatic carbocycles. The molecule has 1 N–H and O–H groups in total. The van der Waals surface area contributed by atoms with Gasteiger partial charge in [-0.1, -0.05) is 26.7 Å². The van der Waals surface area contributed by atoms with Gasteiger partial charge in [-0.3, -0.25) is 9.59 Å². The van der Waals surface area contributed by atoms with Gasteiger partial charge in [-0.05, 0) is 18.8 Å². The maximum absolute atomic E-state index is 12.7. The lowest BCUT2D eigenvalue weighted by Gasteiger charge is -2.33. The summed E-state index contributed by atoms with van der Waals surface area (Å²) in [6.45, 7) is 5.80. The molecule has 1 rings (SSSR count). The third kappa shape index (κ3) is 4.78. The Kier molecular flexibility index (Phi) is 6.99. The predicted molar refractivity (Wildman–Crippen MR) is 76.4 cm³/mol. The van der Waals surface area contributed by atoms with E-state index in [1.165, 1.54) is 0 Å². The van der Waals surface area contributed by atoms with Crippen LogP contribution in [0, 0.1) is 17.8 Å². The van der Waals surface area contributed by atoms with E-state index in [4.69, 9.17) is 4.74 Å². The third-order valence-electron chi connectivity index (χ3n) is 3.86. The second-order valence-electron chi connectivity index (χ2n) is 6.01. The number of amides is 1. The summed E-state index contributed by atoms with van der Waals surface area (Å²) in [6, 6.07) is 0. The maximum atomic E-state index is 12.7. The molecule has 0 spiro atoms. The molecule has 0 heterocycles. The van der Waals surface area contributed by atoms with Crippen LogP contribution in [0.1, 0.15) is 39.5 Å². The van der Waals surface area contributed by atoms with Gasteiger partial charge in [-0.15, -0.1) is 0 Å². The Bertz CT molecular complexity index is 330. The topological polar surface area (TPSA) is 66.8 Å². The average Bonchev–Trinajstić information content (AvgIpc) is 2.42. The molecule has 0 aromatic heterocycles. The smallest absolute Gasteiger partial charge is 0.307 e. The van der Waals surface area contributed by atoms with E-state index in [2.05, 4.69) is 13.8 Å². The van der Waals surface area contributed by atoms with Gasteiger partial charge in [0.05, 0.1) is 18.4 Å². The van der Waals surface area contributed by atoms with Gasteiger partial charge >= 0.3 is 5.97 Å². The zero-order chi connectivity index (χ0) is 15.1. The Morgan fingerprint density at radius 2 is 1.85 bits per heavy atom. The van der Waals surface area contributed by atoms with Gasteiger partial charge < -0.3 is 14.7 Å². The standard InChI is InChI=1S/C15H27NO4/c1-11(2)10-16(8-9-20-3)14(17)12-6-4-5-7-13(12)15(18)19/h11-13H,4-10H2,1-3H3,(H,18,19). The van der Waals surface area contributed by atoms with Crippen molar-refractivity contribution in [2.45, 2.75) is 39.5 Å². The van der Waals surface area contributed by atoms with Crippen molar-refractivity contribution in [2.75, 3.05) is 26.8 Å². The number of rotatable bonds is 7. The monoisotopic (exact) mass is 285 g/mol. The van der Waals surface area contributed by atoms with E-state index in [0.29, 0.717) is 38.5 Å². The molecule has 0 bridgehead atoms. The summed E-state index contributed by atoms with van der Waals surface area (Å²) in [5.41, 5.74) is 0. The molecule has 0 saturated heterocycles. The molecule has 5 nitrogen and oxygen atoms in total. The normalized spacial score (nSPS) is 22.8. The number of aliphatic carboxylic acids is 1. The van der Waals surface area contributed by atoms with E-state index in [9.17, 15) is 14.7 Å². The first-order valence-electron chi connectivity index (χ1n) is 7.47. The first-order valence-corrected chi connectivity index (χ1v) is 7.47. The van der Waals surface area contributed by atoms with E-state index in [1.807, 2.05) is 0 Å². The quantitative estimate of drug-likeness (QED) is 0.777. The molecule has 1 saturated carbocycles. The molecule has 2 unspecified atom stereocenters. The second-order valence-corrected chi connectivity index (χ2v) is 6.01. The predicted octanol–water partition coefficient (Wildman–Crippen LogP) is 2.01. The van der Waals surface area contributed by atoms with E-state index in [-0.39, 0.29) is 11.8 Å². The minimum absolute atomic E-state index is 0.0112. The Hall–Kier alpha value is -1.10. The molecule has 20 heavy (non-hydrogen) atoms. The lowest BCUT2D eigenvalue weighted by molar-refractivity contribution is -0.152. The molecule has 0 aliphatic heterocycles. The van der Waals surface area contributed by atoms with Gasteiger partial charge in [-0.2, -0.15) is 0 Å². The zero-order valence-electron chi connectivity index (χ0n) is 12.8. The number of nitrogens with zero attached hydrogens (tertiary/aromatic N) is 1. The summed E-state index contributed by atoms with van der Waals surface area (Å²) in [6.07, 6.45) is 3.16. The number of hydrogen-bond donors (Lipinski definition) is 1. The highest BCUT2D eigenvalue weighted by molar-refractivity contribution is 5.85. The molecular formula is C15H27NO4. The van der Waals surface area contributed by atoms with Crippen molar-refractivity contribution in [2.24, 2.45) is 17.8 Å². The van der Waals surface area contributed by atoms with Crippen molar-refractivity contribution in [3.05, 3.63) is 0 Å². The van der Waals surface area contributed by atoms with Gasteiger partial charge in [0.1, 0.15) is 0 Å². The van der Waals surface area contributed by atoms with Crippen LogP contribution in [0.2, 0.25) is 0 Å². The summed E-state index contributed by atoms with van der Waals surface area (Å²) < 4.78 is 5.06. The number of ether oxygens (including phenoxy) is 1. The van der Waals surface area contributed by atoms with Crippen LogP contribution >= 0.6 is 0 Å². The molecule has 1 amide bonds. The first-order chi connectivity index (χ1) is 9.47. The van der Waals surface area contributed by atoms with Crippen LogP contribution in [0.3, 0.4) is 0 Å². The molecule has 0 aromatic carbocycles. The highest BCUT2D eigenvalue weighted by Crippen LogP contribution is 2.31. The largest absolute Gasteiger partial charge is 0.481 e. The lowest BCUT2D eigenvalue weighted by Crippen LogP contribution is -2.45. The van der Waals surface area contributed by atoms with Gasteiger partial charge in [0.25, 0.3) is 0 Å². The molecule has 5 heteroatoms. The van der Waals surface area contributed by atoms with Crippen LogP contribution in [0.25, 0.3) is 0 Å². The molecular weight excluding hydrogens is 258 g/mol. The van der Waals surface area contributed by atoms with E-state index >= 15 is 0 Å². The van der Waals surface area contributed by atoms with E-state index < -0.39 is 11.9 Å². The van der Waals surface area contributed by atoms with Crippen molar-refractivity contribution in [1.29, 1.82) is 0 Å². The lowest BCUT2D eigenvalue weighted by atomic mass is 9.78. The van der Waals surface area contributed by atoms with Crippen molar-refractivity contribution in [3.63, 3.8) is 0 Å². The number of hydrogen-bond acceptors (Lipinski definition) is 3. The van der Waals surface area contributed by atoms with E-state index in [0.717, 1.165) is 12.8 Å². The van der Waals surface area contributed by atoms with E-state index in [1.54, 1.807) is 12.0 Å². The van der Waals surface area contributed by atoms with Crippen LogP contribution in [-0.2, 0) is 14.3 Å². The van der Waals surface area contributed by atoms with Gasteiger partial charge in [0.15, 0.2) is 0 Å². The van der Waals surface area contributed by atoms with Crippen molar-refractivity contribution < 1.29 is 19.4 Å². The minimum atomic E-state index is -0.834. The molecule has 0 radical (unpaired) electrons. The minimum Gasteiger partial charge on any atom is -0.481 e. The summed E-state index contributed by atoms with van der Waals surface area (Å²) in [5, 5.41) is 9.30. The van der Waals surface area contributed by atoms with Gasteiger partial charge in [0, 0.05) is 20.2 Å². The van der Waals surface area contributed by atoms with Crippen molar-refractivity contribution in [1.82, 2.24) is 4.90 Å². The number of methoxy groups -OCH3 is 1. The van der Waals surface area contributed by atoms with Crippen LogP contribution in [0.5, 0.6) is 0 Å². The van der Waals surface area contributed by atoms with Crippen LogP contribution < -0.4 is 0 Å². The Labute approximate surface area is 121 Å². The fraction of sp³-hybridized carbons (Fsp3) is 0.867. The van der Waals surface area contributed by atoms with Crippen LogP contribution in [-0.4, -0.2) is 48.7 Å². The molecule has 116 valence electrons. The SMILES string of the molecule is COCCN(CC(C)C)C(=O)C1CCCCC1C(=O)O. The zero-order valence-corrected chi connectivity index (χ0v) is 12.8. The summed E-state index contributed by atoms with van der Waals surface area (Å²) in [7, 11) is 1.61.